The summed E-state index contributed by atoms with van der Waals surface area (Å²) in [5.41, 5.74) is 1.66. The molecule has 1 aliphatic rings. The lowest BCUT2D eigenvalue weighted by Gasteiger charge is -2.51. The highest BCUT2D eigenvalue weighted by atomic mass is 16.5. The molecule has 0 radical (unpaired) electrons. The van der Waals surface area contributed by atoms with Gasteiger partial charge >= 0.3 is 0 Å². The summed E-state index contributed by atoms with van der Waals surface area (Å²) >= 11 is 0. The quantitative estimate of drug-likeness (QED) is 0.863. The van der Waals surface area contributed by atoms with Crippen molar-refractivity contribution >= 4 is 0 Å². The van der Waals surface area contributed by atoms with E-state index in [0.29, 0.717) is 18.1 Å². The fourth-order valence-corrected chi connectivity index (χ4v) is 2.85. The summed E-state index contributed by atoms with van der Waals surface area (Å²) in [6, 6.07) is 11.3. The van der Waals surface area contributed by atoms with Gasteiger partial charge in [0.1, 0.15) is 0 Å². The molecule has 1 aromatic rings. The normalized spacial score (nSPS) is 27.6. The summed E-state index contributed by atoms with van der Waals surface area (Å²) in [5, 5.41) is 3.69. The van der Waals surface area contributed by atoms with Crippen molar-refractivity contribution in [2.75, 3.05) is 13.7 Å². The van der Waals surface area contributed by atoms with Crippen LogP contribution in [0.3, 0.4) is 0 Å². The second kappa shape index (κ2) is 5.41. The highest BCUT2D eigenvalue weighted by Gasteiger charge is 2.48. The second-order valence-electron chi connectivity index (χ2n) is 6.05. The van der Waals surface area contributed by atoms with Gasteiger partial charge in [0.05, 0.1) is 6.10 Å². The van der Waals surface area contributed by atoms with E-state index in [-0.39, 0.29) is 5.41 Å². The molecular weight excluding hydrogens is 222 g/mol. The Hall–Kier alpha value is -0.860. The maximum atomic E-state index is 5.48. The van der Waals surface area contributed by atoms with Crippen molar-refractivity contribution < 1.29 is 4.74 Å². The third-order valence-electron chi connectivity index (χ3n) is 4.50. The Kier molecular flexibility index (Phi) is 4.08. The maximum absolute atomic E-state index is 5.48. The molecule has 18 heavy (non-hydrogen) atoms. The Morgan fingerprint density at radius 3 is 2.56 bits per heavy atom. The van der Waals surface area contributed by atoms with Crippen LogP contribution in [0.4, 0.5) is 0 Å². The summed E-state index contributed by atoms with van der Waals surface area (Å²) < 4.78 is 5.48. The van der Waals surface area contributed by atoms with E-state index in [0.717, 1.165) is 13.0 Å². The average Bonchev–Trinajstić information content (AvgIpc) is 2.38. The number of nitrogens with one attached hydrogen (secondary N) is 1. The summed E-state index contributed by atoms with van der Waals surface area (Å²) in [5.74, 6) is 0.559. The molecular formula is C16H25NO. The molecule has 0 heterocycles. The zero-order chi connectivity index (χ0) is 13.2. The summed E-state index contributed by atoms with van der Waals surface area (Å²) in [7, 11) is 1.81. The van der Waals surface area contributed by atoms with Crippen molar-refractivity contribution in [1.29, 1.82) is 0 Å². The Morgan fingerprint density at radius 1 is 1.33 bits per heavy atom. The van der Waals surface area contributed by atoms with Crippen LogP contribution in [0.1, 0.15) is 38.7 Å². The first-order chi connectivity index (χ1) is 8.55. The molecule has 2 rings (SSSR count). The van der Waals surface area contributed by atoms with Gasteiger partial charge in [-0.1, -0.05) is 51.1 Å². The average molecular weight is 247 g/mol. The Labute approximate surface area is 111 Å². The molecule has 1 fully saturated rings. The van der Waals surface area contributed by atoms with Crippen molar-refractivity contribution in [3.05, 3.63) is 35.9 Å². The van der Waals surface area contributed by atoms with Crippen LogP contribution in [-0.2, 0) is 4.74 Å². The van der Waals surface area contributed by atoms with E-state index in [1.165, 1.54) is 5.56 Å². The van der Waals surface area contributed by atoms with Gasteiger partial charge in [0.15, 0.2) is 0 Å². The van der Waals surface area contributed by atoms with E-state index < -0.39 is 0 Å². The molecule has 3 atom stereocenters. The lowest BCUT2D eigenvalue weighted by atomic mass is 9.64. The van der Waals surface area contributed by atoms with E-state index in [4.69, 9.17) is 4.74 Å². The molecule has 0 aliphatic heterocycles. The van der Waals surface area contributed by atoms with Crippen LogP contribution >= 0.6 is 0 Å². The van der Waals surface area contributed by atoms with Gasteiger partial charge in [-0.25, -0.2) is 0 Å². The second-order valence-corrected chi connectivity index (χ2v) is 6.05. The fourth-order valence-electron chi connectivity index (χ4n) is 2.85. The molecule has 2 nitrogen and oxygen atoms in total. The van der Waals surface area contributed by atoms with Crippen LogP contribution < -0.4 is 5.32 Å². The van der Waals surface area contributed by atoms with Gasteiger partial charge in [-0.3, -0.25) is 0 Å². The smallest absolute Gasteiger partial charge is 0.0652 e. The van der Waals surface area contributed by atoms with E-state index in [9.17, 15) is 0 Å². The molecule has 1 aromatic carbocycles. The van der Waals surface area contributed by atoms with Gasteiger partial charge in [0.25, 0.3) is 0 Å². The minimum Gasteiger partial charge on any atom is -0.381 e. The highest BCUT2D eigenvalue weighted by molar-refractivity contribution is 5.19. The zero-order valence-electron chi connectivity index (χ0n) is 11.9. The number of methoxy groups -OCH3 is 1. The first kappa shape index (κ1) is 13.6. The van der Waals surface area contributed by atoms with Gasteiger partial charge in [-0.05, 0) is 17.9 Å². The molecule has 2 heteroatoms. The monoisotopic (exact) mass is 247 g/mol. The van der Waals surface area contributed by atoms with E-state index in [1.54, 1.807) is 0 Å². The highest BCUT2D eigenvalue weighted by Crippen LogP contribution is 2.42. The van der Waals surface area contributed by atoms with Crippen molar-refractivity contribution in [2.24, 2.45) is 5.41 Å². The molecule has 1 aliphatic carbocycles. The molecule has 1 saturated carbocycles. The van der Waals surface area contributed by atoms with E-state index >= 15 is 0 Å². The Balaban J connectivity index is 1.83. The number of hydrogen-bond acceptors (Lipinski definition) is 2. The zero-order valence-corrected chi connectivity index (χ0v) is 11.9. The molecule has 0 aromatic heterocycles. The number of hydrogen-bond donors (Lipinski definition) is 1. The molecule has 0 bridgehead atoms. The Morgan fingerprint density at radius 2 is 2.00 bits per heavy atom. The maximum Gasteiger partial charge on any atom is 0.0652 e. The summed E-state index contributed by atoms with van der Waals surface area (Å²) in [4.78, 5) is 0. The minimum absolute atomic E-state index is 0.255. The SMILES string of the molecule is COC1CC(NCC(C)c2ccccc2)C1(C)C. The molecule has 0 spiro atoms. The van der Waals surface area contributed by atoms with Gasteiger partial charge in [-0.15, -0.1) is 0 Å². The largest absolute Gasteiger partial charge is 0.381 e. The minimum atomic E-state index is 0.255. The number of ether oxygens (including phenoxy) is 1. The van der Waals surface area contributed by atoms with E-state index in [2.05, 4.69) is 56.4 Å². The molecule has 0 saturated heterocycles. The lowest BCUT2D eigenvalue weighted by Crippen LogP contribution is -2.61. The van der Waals surface area contributed by atoms with Crippen molar-refractivity contribution in [3.8, 4) is 0 Å². The van der Waals surface area contributed by atoms with Crippen LogP contribution in [0.5, 0.6) is 0 Å². The Bertz CT molecular complexity index is 374. The molecule has 0 amide bonds. The third kappa shape index (κ3) is 2.60. The predicted octanol–water partition coefficient (Wildman–Crippen LogP) is 3.19. The van der Waals surface area contributed by atoms with Crippen LogP contribution in [0.25, 0.3) is 0 Å². The topological polar surface area (TPSA) is 21.3 Å². The van der Waals surface area contributed by atoms with Crippen LogP contribution in [-0.4, -0.2) is 25.8 Å². The van der Waals surface area contributed by atoms with Crippen LogP contribution in [0, 0.1) is 5.41 Å². The fraction of sp³-hybridized carbons (Fsp3) is 0.625. The summed E-state index contributed by atoms with van der Waals surface area (Å²) in [6.45, 7) is 7.89. The van der Waals surface area contributed by atoms with Gasteiger partial charge in [-0.2, -0.15) is 0 Å². The van der Waals surface area contributed by atoms with E-state index in [1.807, 2.05) is 7.11 Å². The van der Waals surface area contributed by atoms with Crippen molar-refractivity contribution in [2.45, 2.75) is 45.3 Å². The third-order valence-corrected chi connectivity index (χ3v) is 4.50. The number of benzene rings is 1. The number of rotatable bonds is 5. The van der Waals surface area contributed by atoms with Gasteiger partial charge in [0, 0.05) is 25.1 Å². The van der Waals surface area contributed by atoms with Gasteiger partial charge < -0.3 is 10.1 Å². The first-order valence-corrected chi connectivity index (χ1v) is 6.86. The van der Waals surface area contributed by atoms with Crippen LogP contribution in [0.2, 0.25) is 0 Å². The molecule has 3 unspecified atom stereocenters. The summed E-state index contributed by atoms with van der Waals surface area (Å²) in [6.07, 6.45) is 1.53. The predicted molar refractivity (Wildman–Crippen MR) is 75.8 cm³/mol. The van der Waals surface area contributed by atoms with Crippen LogP contribution in [0.15, 0.2) is 30.3 Å². The first-order valence-electron chi connectivity index (χ1n) is 6.86. The van der Waals surface area contributed by atoms with Crippen molar-refractivity contribution in [1.82, 2.24) is 5.32 Å². The molecule has 1 N–H and O–H groups in total. The van der Waals surface area contributed by atoms with Gasteiger partial charge in [0.2, 0.25) is 0 Å². The standard InChI is InChI=1S/C16H25NO/c1-12(13-8-6-5-7-9-13)11-17-14-10-15(18-4)16(14,2)3/h5-9,12,14-15,17H,10-11H2,1-4H3. The lowest BCUT2D eigenvalue weighted by molar-refractivity contribution is -0.0974. The molecule has 100 valence electrons. The van der Waals surface area contributed by atoms with Crippen molar-refractivity contribution in [3.63, 3.8) is 0 Å².